The maximum atomic E-state index is 12.6. The first-order valence-electron chi connectivity index (χ1n) is 7.76. The van der Waals surface area contributed by atoms with Gasteiger partial charge in [-0.3, -0.25) is 14.4 Å². The summed E-state index contributed by atoms with van der Waals surface area (Å²) in [5.41, 5.74) is 0.985. The summed E-state index contributed by atoms with van der Waals surface area (Å²) >= 11 is 0. The van der Waals surface area contributed by atoms with Crippen LogP contribution in [0, 0.1) is 0 Å². The van der Waals surface area contributed by atoms with Crippen LogP contribution in [0.25, 0.3) is 11.0 Å². The Bertz CT molecular complexity index is 973. The fourth-order valence-corrected chi connectivity index (χ4v) is 3.94. The molecule has 3 aromatic rings. The van der Waals surface area contributed by atoms with Crippen molar-refractivity contribution in [1.82, 2.24) is 24.7 Å². The summed E-state index contributed by atoms with van der Waals surface area (Å²) < 4.78 is 29.5. The topological polar surface area (TPSA) is 103 Å². The fraction of sp³-hybridized carbons (Fsp3) is 0.333. The van der Waals surface area contributed by atoms with Gasteiger partial charge in [-0.05, 0) is 25.0 Å². The Hall–Kier alpha value is -2.55. The van der Waals surface area contributed by atoms with Gasteiger partial charge in [0.1, 0.15) is 16.7 Å². The van der Waals surface area contributed by atoms with Crippen molar-refractivity contribution in [2.24, 2.45) is 0 Å². The summed E-state index contributed by atoms with van der Waals surface area (Å²) in [6.45, 7) is 0. The van der Waals surface area contributed by atoms with Crippen LogP contribution >= 0.6 is 0 Å². The van der Waals surface area contributed by atoms with Crippen molar-refractivity contribution in [1.29, 1.82) is 0 Å². The molecule has 9 heteroatoms. The van der Waals surface area contributed by atoms with E-state index in [4.69, 9.17) is 0 Å². The van der Waals surface area contributed by atoms with E-state index in [1.54, 1.807) is 29.2 Å². The van der Waals surface area contributed by atoms with Crippen LogP contribution in [0.3, 0.4) is 0 Å². The minimum atomic E-state index is -3.78. The molecule has 0 amide bonds. The number of hydrogen-bond donors (Lipinski definition) is 1. The first-order valence-corrected chi connectivity index (χ1v) is 9.24. The van der Waals surface area contributed by atoms with Crippen molar-refractivity contribution in [3.05, 3.63) is 37.1 Å². The first kappa shape index (κ1) is 15.0. The summed E-state index contributed by atoms with van der Waals surface area (Å²) in [7, 11) is -3.78. The predicted molar refractivity (Wildman–Crippen MR) is 87.9 cm³/mol. The van der Waals surface area contributed by atoms with Gasteiger partial charge >= 0.3 is 0 Å². The summed E-state index contributed by atoms with van der Waals surface area (Å²) in [6, 6.07) is 3.77. The molecule has 0 saturated heterocycles. The lowest BCUT2D eigenvalue weighted by atomic mass is 10.3. The second-order valence-corrected chi connectivity index (χ2v) is 7.48. The Morgan fingerprint density at radius 1 is 1.17 bits per heavy atom. The molecule has 0 aromatic carbocycles. The molecule has 0 spiro atoms. The third-order valence-electron chi connectivity index (χ3n) is 4.21. The molecule has 0 radical (unpaired) electrons. The number of nitrogens with one attached hydrogen (secondary N) is 1. The lowest BCUT2D eigenvalue weighted by Gasteiger charge is -2.09. The molecule has 1 fully saturated rings. The largest absolute Gasteiger partial charge is 0.268 e. The molecule has 0 unspecified atom stereocenters. The molecule has 4 rings (SSSR count). The Balaban J connectivity index is 1.65. The summed E-state index contributed by atoms with van der Waals surface area (Å²) in [5, 5.41) is 4.22. The molecule has 0 bridgehead atoms. The standard InChI is InChI=1S/C15H16N6O2S/c22-24(23,12-8-19-21(9-12)11-4-1-2-5-11)20-15-14-13(17-10-18-15)6-3-7-16-14/h3,6-11H,1-2,4-5H2,(H,17,18,20). The molecule has 1 N–H and O–H groups in total. The Labute approximate surface area is 139 Å². The zero-order valence-electron chi connectivity index (χ0n) is 12.8. The number of fused-ring (bicyclic) bond motifs is 1. The van der Waals surface area contributed by atoms with E-state index in [1.165, 1.54) is 12.5 Å². The molecular weight excluding hydrogens is 328 g/mol. The quantitative estimate of drug-likeness (QED) is 0.778. The van der Waals surface area contributed by atoms with Gasteiger partial charge in [-0.15, -0.1) is 0 Å². The van der Waals surface area contributed by atoms with E-state index >= 15 is 0 Å². The lowest BCUT2D eigenvalue weighted by molar-refractivity contribution is 0.466. The van der Waals surface area contributed by atoms with Gasteiger partial charge < -0.3 is 0 Å². The number of sulfonamides is 1. The highest BCUT2D eigenvalue weighted by atomic mass is 32.2. The van der Waals surface area contributed by atoms with E-state index in [0.29, 0.717) is 11.0 Å². The smallest absolute Gasteiger partial charge is 0.266 e. The number of rotatable bonds is 4. The van der Waals surface area contributed by atoms with Gasteiger partial charge in [-0.1, -0.05) is 12.8 Å². The average molecular weight is 344 g/mol. The minimum Gasteiger partial charge on any atom is -0.268 e. The van der Waals surface area contributed by atoms with Gasteiger partial charge in [0, 0.05) is 12.4 Å². The predicted octanol–water partition coefficient (Wildman–Crippen LogP) is 2.14. The Morgan fingerprint density at radius 3 is 2.83 bits per heavy atom. The van der Waals surface area contributed by atoms with Gasteiger partial charge in [-0.25, -0.2) is 18.4 Å². The van der Waals surface area contributed by atoms with Crippen molar-refractivity contribution in [2.45, 2.75) is 36.6 Å². The molecule has 1 saturated carbocycles. The molecule has 0 atom stereocenters. The number of nitrogens with zero attached hydrogens (tertiary/aromatic N) is 5. The lowest BCUT2D eigenvalue weighted by Crippen LogP contribution is -2.14. The Morgan fingerprint density at radius 2 is 2.00 bits per heavy atom. The van der Waals surface area contributed by atoms with E-state index < -0.39 is 10.0 Å². The zero-order valence-corrected chi connectivity index (χ0v) is 13.6. The molecule has 1 aliphatic rings. The third-order valence-corrected chi connectivity index (χ3v) is 5.51. The molecule has 3 heterocycles. The molecule has 24 heavy (non-hydrogen) atoms. The van der Waals surface area contributed by atoms with Crippen LogP contribution in [-0.4, -0.2) is 33.2 Å². The molecule has 3 aromatic heterocycles. The van der Waals surface area contributed by atoms with E-state index in [9.17, 15) is 8.42 Å². The van der Waals surface area contributed by atoms with Crippen molar-refractivity contribution in [3.63, 3.8) is 0 Å². The molecule has 8 nitrogen and oxygen atoms in total. The number of hydrogen-bond acceptors (Lipinski definition) is 6. The zero-order chi connectivity index (χ0) is 16.6. The van der Waals surface area contributed by atoms with E-state index in [-0.39, 0.29) is 16.8 Å². The number of pyridine rings is 1. The molecular formula is C15H16N6O2S. The molecule has 0 aliphatic heterocycles. The van der Waals surface area contributed by atoms with Crippen LogP contribution in [0.5, 0.6) is 0 Å². The molecule has 1 aliphatic carbocycles. The van der Waals surface area contributed by atoms with Crippen molar-refractivity contribution in [3.8, 4) is 0 Å². The minimum absolute atomic E-state index is 0.122. The summed E-state index contributed by atoms with van der Waals surface area (Å²) in [5.74, 6) is 0.161. The van der Waals surface area contributed by atoms with Crippen LogP contribution in [0.2, 0.25) is 0 Å². The van der Waals surface area contributed by atoms with E-state index in [1.807, 2.05) is 0 Å². The molecule has 124 valence electrons. The van der Waals surface area contributed by atoms with Gasteiger partial charge in [0.2, 0.25) is 0 Å². The maximum Gasteiger partial charge on any atom is 0.266 e. The highest BCUT2D eigenvalue weighted by Crippen LogP contribution is 2.29. The average Bonchev–Trinajstić information content (AvgIpc) is 3.26. The normalized spacial score (nSPS) is 15.8. The fourth-order valence-electron chi connectivity index (χ4n) is 2.98. The van der Waals surface area contributed by atoms with Gasteiger partial charge in [0.15, 0.2) is 5.82 Å². The second kappa shape index (κ2) is 5.82. The summed E-state index contributed by atoms with van der Waals surface area (Å²) in [4.78, 5) is 12.4. The number of aromatic nitrogens is 5. The first-order chi connectivity index (χ1) is 11.6. The monoisotopic (exact) mass is 344 g/mol. The van der Waals surface area contributed by atoms with Crippen LogP contribution in [-0.2, 0) is 10.0 Å². The van der Waals surface area contributed by atoms with Crippen LogP contribution < -0.4 is 4.72 Å². The van der Waals surface area contributed by atoms with Gasteiger partial charge in [0.25, 0.3) is 10.0 Å². The van der Waals surface area contributed by atoms with Gasteiger partial charge in [-0.2, -0.15) is 5.10 Å². The number of anilines is 1. The Kier molecular flexibility index (Phi) is 3.64. The second-order valence-electron chi connectivity index (χ2n) is 5.79. The maximum absolute atomic E-state index is 12.6. The van der Waals surface area contributed by atoms with E-state index in [2.05, 4.69) is 24.8 Å². The highest BCUT2D eigenvalue weighted by Gasteiger charge is 2.23. The van der Waals surface area contributed by atoms with Crippen LogP contribution in [0.1, 0.15) is 31.7 Å². The van der Waals surface area contributed by atoms with Gasteiger partial charge in [0.05, 0.1) is 17.8 Å². The van der Waals surface area contributed by atoms with Crippen LogP contribution in [0.4, 0.5) is 5.82 Å². The van der Waals surface area contributed by atoms with Crippen molar-refractivity contribution >= 4 is 26.9 Å². The van der Waals surface area contributed by atoms with Crippen molar-refractivity contribution in [2.75, 3.05) is 4.72 Å². The van der Waals surface area contributed by atoms with Crippen LogP contribution in [0.15, 0.2) is 41.9 Å². The summed E-state index contributed by atoms with van der Waals surface area (Å²) in [6.07, 6.45) is 10.2. The van der Waals surface area contributed by atoms with Crippen molar-refractivity contribution < 1.29 is 8.42 Å². The third kappa shape index (κ3) is 2.71. The highest BCUT2D eigenvalue weighted by molar-refractivity contribution is 7.92. The SMILES string of the molecule is O=S(=O)(Nc1ncnc2cccnc12)c1cnn(C2CCCC2)c1. The van der Waals surface area contributed by atoms with E-state index in [0.717, 1.165) is 25.7 Å².